The van der Waals surface area contributed by atoms with E-state index >= 15 is 0 Å². The molecule has 0 radical (unpaired) electrons. The van der Waals surface area contributed by atoms with Crippen molar-refractivity contribution in [3.63, 3.8) is 0 Å². The third-order valence-corrected chi connectivity index (χ3v) is 6.75. The number of piperidine rings is 1. The van der Waals surface area contributed by atoms with Crippen LogP contribution in [0, 0.1) is 5.92 Å². The van der Waals surface area contributed by atoms with E-state index in [0.29, 0.717) is 6.54 Å². The van der Waals surface area contributed by atoms with Crippen molar-refractivity contribution in [3.8, 4) is 0 Å². The smallest absolute Gasteiger partial charge is 0.223 e. The number of rotatable bonds is 5. The van der Waals surface area contributed by atoms with Crippen LogP contribution in [0.4, 0.5) is 0 Å². The number of carbonyl (C=O) groups excluding carboxylic acids is 1. The summed E-state index contributed by atoms with van der Waals surface area (Å²) in [5.74, 6) is 0.0451. The van der Waals surface area contributed by atoms with E-state index in [4.69, 9.17) is 0 Å². The van der Waals surface area contributed by atoms with Gasteiger partial charge in [-0.25, -0.2) is 0 Å². The Morgan fingerprint density at radius 1 is 1.11 bits per heavy atom. The summed E-state index contributed by atoms with van der Waals surface area (Å²) in [6.07, 6.45) is 2.01. The van der Waals surface area contributed by atoms with Crippen LogP contribution in [0.5, 0.6) is 0 Å². The molecule has 1 atom stereocenters. The minimum absolute atomic E-state index is 0.0795. The van der Waals surface area contributed by atoms with Gasteiger partial charge < -0.3 is 10.2 Å². The van der Waals surface area contributed by atoms with Crippen LogP contribution in [0.15, 0.2) is 57.5 Å². The lowest BCUT2D eigenvalue weighted by atomic mass is 9.64. The second-order valence-electron chi connectivity index (χ2n) is 7.54. The van der Waals surface area contributed by atoms with E-state index in [1.807, 2.05) is 24.3 Å². The van der Waals surface area contributed by atoms with Gasteiger partial charge in [0.15, 0.2) is 0 Å². The predicted molar refractivity (Wildman–Crippen MR) is 118 cm³/mol. The molecule has 1 amide bonds. The Hall–Kier alpha value is -1.17. The Kier molecular flexibility index (Phi) is 6.77. The summed E-state index contributed by atoms with van der Waals surface area (Å²) in [4.78, 5) is 15.4. The largest absolute Gasteiger partial charge is 0.352 e. The summed E-state index contributed by atoms with van der Waals surface area (Å²) < 4.78 is 2.01. The van der Waals surface area contributed by atoms with E-state index < -0.39 is 0 Å². The fourth-order valence-corrected chi connectivity index (χ4v) is 5.45. The van der Waals surface area contributed by atoms with Crippen molar-refractivity contribution in [2.75, 3.05) is 20.1 Å². The fraction of sp³-hybridized carbons (Fsp3) is 0.409. The molecule has 3 nitrogen and oxygen atoms in total. The van der Waals surface area contributed by atoms with Crippen molar-refractivity contribution in [2.45, 2.75) is 31.7 Å². The molecule has 27 heavy (non-hydrogen) atoms. The number of nitrogens with zero attached hydrogens (tertiary/aromatic N) is 1. The van der Waals surface area contributed by atoms with E-state index in [0.717, 1.165) is 40.4 Å². The topological polar surface area (TPSA) is 32.3 Å². The van der Waals surface area contributed by atoms with Crippen LogP contribution in [0.3, 0.4) is 0 Å². The average molecular weight is 494 g/mol. The minimum atomic E-state index is -0.101. The van der Waals surface area contributed by atoms with Gasteiger partial charge in [0, 0.05) is 26.8 Å². The lowest BCUT2D eigenvalue weighted by Gasteiger charge is -2.44. The first-order chi connectivity index (χ1) is 12.9. The molecule has 2 aromatic carbocycles. The van der Waals surface area contributed by atoms with E-state index in [2.05, 4.69) is 80.3 Å². The molecule has 1 aliphatic heterocycles. The van der Waals surface area contributed by atoms with Gasteiger partial charge in [-0.3, -0.25) is 4.79 Å². The van der Waals surface area contributed by atoms with Gasteiger partial charge in [0.2, 0.25) is 5.91 Å². The van der Waals surface area contributed by atoms with Gasteiger partial charge in [0.1, 0.15) is 0 Å². The first-order valence-electron chi connectivity index (χ1n) is 9.37. The van der Waals surface area contributed by atoms with Crippen LogP contribution >= 0.6 is 31.9 Å². The lowest BCUT2D eigenvalue weighted by molar-refractivity contribution is -0.127. The molecular formula is C22H26Br2N2O. The number of amides is 1. The van der Waals surface area contributed by atoms with Crippen molar-refractivity contribution in [2.24, 2.45) is 5.92 Å². The van der Waals surface area contributed by atoms with Gasteiger partial charge in [0.05, 0.1) is 0 Å². The SMILES string of the molecule is CC(C(=O)NCc1cc(Br)cc(Br)c1)C1(c2ccccc2)CCN(C)CC1. The number of hydrogen-bond donors (Lipinski definition) is 1. The molecule has 1 fully saturated rings. The molecule has 5 heteroatoms. The molecule has 0 bridgehead atoms. The lowest BCUT2D eigenvalue weighted by Crippen LogP contribution is -2.49. The predicted octanol–water partition coefficient (Wildman–Crippen LogP) is 5.13. The number of hydrogen-bond acceptors (Lipinski definition) is 2. The van der Waals surface area contributed by atoms with Crippen molar-refractivity contribution in [3.05, 3.63) is 68.6 Å². The summed E-state index contributed by atoms with van der Waals surface area (Å²) in [7, 11) is 2.16. The Balaban J connectivity index is 1.77. The maximum Gasteiger partial charge on any atom is 0.223 e. The van der Waals surface area contributed by atoms with Gasteiger partial charge in [-0.1, -0.05) is 69.1 Å². The molecule has 3 rings (SSSR count). The molecular weight excluding hydrogens is 468 g/mol. The second kappa shape index (κ2) is 8.89. The molecule has 0 aromatic heterocycles. The molecule has 0 aliphatic carbocycles. The highest BCUT2D eigenvalue weighted by atomic mass is 79.9. The van der Waals surface area contributed by atoms with Gasteiger partial charge in [-0.05, 0) is 62.3 Å². The van der Waals surface area contributed by atoms with Crippen molar-refractivity contribution in [1.29, 1.82) is 0 Å². The third-order valence-electron chi connectivity index (χ3n) is 5.84. The van der Waals surface area contributed by atoms with Crippen LogP contribution in [-0.2, 0) is 16.8 Å². The molecule has 144 valence electrons. The van der Waals surface area contributed by atoms with Crippen molar-refractivity contribution >= 4 is 37.8 Å². The van der Waals surface area contributed by atoms with Crippen LogP contribution < -0.4 is 5.32 Å². The van der Waals surface area contributed by atoms with Crippen LogP contribution in [0.1, 0.15) is 30.9 Å². The highest BCUT2D eigenvalue weighted by molar-refractivity contribution is 9.11. The van der Waals surface area contributed by atoms with Crippen LogP contribution in [0.25, 0.3) is 0 Å². The third kappa shape index (κ3) is 4.82. The number of nitrogens with one attached hydrogen (secondary N) is 1. The molecule has 2 aromatic rings. The van der Waals surface area contributed by atoms with Crippen LogP contribution in [0.2, 0.25) is 0 Å². The Morgan fingerprint density at radius 2 is 1.70 bits per heavy atom. The first-order valence-corrected chi connectivity index (χ1v) is 11.0. The minimum Gasteiger partial charge on any atom is -0.352 e. The summed E-state index contributed by atoms with van der Waals surface area (Å²) in [6.45, 7) is 4.66. The van der Waals surface area contributed by atoms with E-state index in [-0.39, 0.29) is 17.2 Å². The van der Waals surface area contributed by atoms with Gasteiger partial charge >= 0.3 is 0 Å². The maximum atomic E-state index is 13.1. The molecule has 1 saturated heterocycles. The molecule has 0 saturated carbocycles. The Bertz CT molecular complexity index is 766. The van der Waals surface area contributed by atoms with E-state index in [9.17, 15) is 4.79 Å². The van der Waals surface area contributed by atoms with Crippen molar-refractivity contribution in [1.82, 2.24) is 10.2 Å². The molecule has 1 aliphatic rings. The van der Waals surface area contributed by atoms with E-state index in [1.54, 1.807) is 0 Å². The summed E-state index contributed by atoms with van der Waals surface area (Å²) in [5.41, 5.74) is 2.26. The second-order valence-corrected chi connectivity index (χ2v) is 9.37. The highest BCUT2D eigenvalue weighted by Gasteiger charge is 2.43. The monoisotopic (exact) mass is 492 g/mol. The van der Waals surface area contributed by atoms with Gasteiger partial charge in [0.25, 0.3) is 0 Å². The molecule has 1 unspecified atom stereocenters. The quantitative estimate of drug-likeness (QED) is 0.626. The summed E-state index contributed by atoms with van der Waals surface area (Å²) in [6, 6.07) is 16.6. The number of likely N-dealkylation sites (tertiary alicyclic amines) is 1. The molecule has 1 N–H and O–H groups in total. The molecule has 0 spiro atoms. The maximum absolute atomic E-state index is 13.1. The Labute approximate surface area is 178 Å². The zero-order chi connectivity index (χ0) is 19.4. The number of carbonyl (C=O) groups is 1. The normalized spacial score (nSPS) is 18.1. The van der Waals surface area contributed by atoms with Crippen LogP contribution in [-0.4, -0.2) is 30.9 Å². The first kappa shape index (κ1) is 20.6. The average Bonchev–Trinajstić information content (AvgIpc) is 2.66. The van der Waals surface area contributed by atoms with Gasteiger partial charge in [-0.2, -0.15) is 0 Å². The highest BCUT2D eigenvalue weighted by Crippen LogP contribution is 2.42. The van der Waals surface area contributed by atoms with Gasteiger partial charge in [-0.15, -0.1) is 0 Å². The zero-order valence-electron chi connectivity index (χ0n) is 15.8. The Morgan fingerprint density at radius 3 is 2.30 bits per heavy atom. The molecule has 1 heterocycles. The number of benzene rings is 2. The number of halogens is 2. The van der Waals surface area contributed by atoms with Crippen molar-refractivity contribution < 1.29 is 4.79 Å². The van der Waals surface area contributed by atoms with E-state index in [1.165, 1.54) is 5.56 Å². The summed E-state index contributed by atoms with van der Waals surface area (Å²) in [5, 5.41) is 3.16. The standard InChI is InChI=1S/C22H26Br2N2O/c1-16(21(27)25-15-17-12-19(23)14-20(24)13-17)22(8-10-26(2)11-9-22)18-6-4-3-5-7-18/h3-7,12-14,16H,8-11,15H2,1-2H3,(H,25,27). The zero-order valence-corrected chi connectivity index (χ0v) is 19.0. The fourth-order valence-electron chi connectivity index (χ4n) is 4.07. The summed E-state index contributed by atoms with van der Waals surface area (Å²) >= 11 is 7.02.